The van der Waals surface area contributed by atoms with Crippen molar-refractivity contribution in [2.45, 2.75) is 0 Å². The monoisotopic (exact) mass is 251 g/mol. The number of phenolic OH excluding ortho intramolecular Hbond substituents is 1. The molecule has 6 heteroatoms. The molecule has 4 rings (SSSR count). The van der Waals surface area contributed by atoms with E-state index in [1.54, 1.807) is 18.3 Å². The molecule has 0 aliphatic rings. The number of H-pyrrole nitrogens is 2. The van der Waals surface area contributed by atoms with Crippen LogP contribution in [0.5, 0.6) is 5.75 Å². The number of aromatic hydroxyl groups is 1. The fraction of sp³-hybridized carbons (Fsp3) is 0. The minimum Gasteiger partial charge on any atom is -0.507 e. The van der Waals surface area contributed by atoms with Crippen LogP contribution in [-0.2, 0) is 0 Å². The summed E-state index contributed by atoms with van der Waals surface area (Å²) in [5.74, 6) is 0.188. The first-order valence-corrected chi connectivity index (χ1v) is 5.80. The van der Waals surface area contributed by atoms with Gasteiger partial charge in [-0.3, -0.25) is 5.10 Å². The maximum atomic E-state index is 9.86. The highest BCUT2D eigenvalue weighted by Gasteiger charge is 2.11. The summed E-state index contributed by atoms with van der Waals surface area (Å²) in [5.41, 5.74) is 3.76. The second-order valence-corrected chi connectivity index (χ2v) is 4.29. The molecule has 92 valence electrons. The lowest BCUT2D eigenvalue weighted by Crippen LogP contribution is -1.89. The number of fused-ring (bicyclic) bond motifs is 3. The molecule has 0 aliphatic carbocycles. The van der Waals surface area contributed by atoms with Crippen LogP contribution in [-0.4, -0.2) is 30.5 Å². The van der Waals surface area contributed by atoms with Gasteiger partial charge in [-0.2, -0.15) is 5.10 Å². The molecular formula is C13H9N5O. The van der Waals surface area contributed by atoms with Crippen LogP contribution in [0.3, 0.4) is 0 Å². The van der Waals surface area contributed by atoms with E-state index in [4.69, 9.17) is 0 Å². The summed E-state index contributed by atoms with van der Waals surface area (Å²) in [5, 5.41) is 26.0. The Morgan fingerprint density at radius 2 is 2.00 bits per heavy atom. The van der Waals surface area contributed by atoms with Crippen LogP contribution in [0.15, 0.2) is 36.5 Å². The summed E-state index contributed by atoms with van der Waals surface area (Å²) >= 11 is 0. The first kappa shape index (κ1) is 10.1. The molecule has 0 amide bonds. The number of aromatic nitrogens is 5. The van der Waals surface area contributed by atoms with Crippen LogP contribution in [0.25, 0.3) is 33.3 Å². The minimum absolute atomic E-state index is 0.188. The predicted octanol–water partition coefficient (Wildman–Crippen LogP) is 2.21. The van der Waals surface area contributed by atoms with Gasteiger partial charge < -0.3 is 10.1 Å². The molecule has 3 heterocycles. The smallest absolute Gasteiger partial charge is 0.162 e. The van der Waals surface area contributed by atoms with Crippen LogP contribution in [0, 0.1) is 0 Å². The molecule has 0 saturated heterocycles. The van der Waals surface area contributed by atoms with Gasteiger partial charge in [-0.15, -0.1) is 10.2 Å². The van der Waals surface area contributed by atoms with Crippen LogP contribution < -0.4 is 0 Å². The van der Waals surface area contributed by atoms with Crippen molar-refractivity contribution in [1.82, 2.24) is 25.4 Å². The van der Waals surface area contributed by atoms with Crippen molar-refractivity contribution in [3.63, 3.8) is 0 Å². The first-order chi connectivity index (χ1) is 9.33. The van der Waals surface area contributed by atoms with Gasteiger partial charge in [0.1, 0.15) is 5.75 Å². The summed E-state index contributed by atoms with van der Waals surface area (Å²) in [6.45, 7) is 0. The van der Waals surface area contributed by atoms with Crippen molar-refractivity contribution >= 4 is 22.1 Å². The molecule has 3 aromatic heterocycles. The van der Waals surface area contributed by atoms with E-state index in [-0.39, 0.29) is 5.75 Å². The van der Waals surface area contributed by atoms with Crippen molar-refractivity contribution in [3.8, 4) is 17.0 Å². The number of rotatable bonds is 1. The SMILES string of the molecule is Oc1ccccc1-c1cc2c(nn1)[nH]c1cn[nH]c12. The van der Waals surface area contributed by atoms with Gasteiger partial charge in [0.2, 0.25) is 0 Å². The van der Waals surface area contributed by atoms with E-state index < -0.39 is 0 Å². The second kappa shape index (κ2) is 3.55. The number of hydrogen-bond acceptors (Lipinski definition) is 4. The molecule has 0 radical (unpaired) electrons. The number of hydrogen-bond donors (Lipinski definition) is 3. The lowest BCUT2D eigenvalue weighted by atomic mass is 10.1. The third-order valence-electron chi connectivity index (χ3n) is 3.14. The van der Waals surface area contributed by atoms with Gasteiger partial charge in [-0.1, -0.05) is 12.1 Å². The average Bonchev–Trinajstić information content (AvgIpc) is 2.99. The van der Waals surface area contributed by atoms with Gasteiger partial charge in [0.05, 0.1) is 22.9 Å². The summed E-state index contributed by atoms with van der Waals surface area (Å²) in [6, 6.07) is 8.94. The van der Waals surface area contributed by atoms with Crippen molar-refractivity contribution < 1.29 is 5.11 Å². The molecule has 4 aromatic rings. The Labute approximate surface area is 107 Å². The third-order valence-corrected chi connectivity index (χ3v) is 3.14. The van der Waals surface area contributed by atoms with Crippen LogP contribution >= 0.6 is 0 Å². The number of phenols is 1. The maximum Gasteiger partial charge on any atom is 0.162 e. The number of aromatic amines is 2. The van der Waals surface area contributed by atoms with E-state index in [0.717, 1.165) is 16.4 Å². The number of benzene rings is 1. The molecule has 0 aliphatic heterocycles. The molecule has 6 nitrogen and oxygen atoms in total. The van der Waals surface area contributed by atoms with Crippen molar-refractivity contribution in [2.24, 2.45) is 0 Å². The van der Waals surface area contributed by atoms with E-state index in [1.807, 2.05) is 18.2 Å². The topological polar surface area (TPSA) is 90.5 Å². The Balaban J connectivity index is 2.03. The molecule has 19 heavy (non-hydrogen) atoms. The van der Waals surface area contributed by atoms with Crippen LogP contribution in [0.2, 0.25) is 0 Å². The lowest BCUT2D eigenvalue weighted by molar-refractivity contribution is 0.477. The first-order valence-electron chi connectivity index (χ1n) is 5.80. The highest BCUT2D eigenvalue weighted by Crippen LogP contribution is 2.30. The maximum absolute atomic E-state index is 9.86. The number of nitrogens with zero attached hydrogens (tertiary/aromatic N) is 3. The third kappa shape index (κ3) is 1.40. The van der Waals surface area contributed by atoms with E-state index in [2.05, 4.69) is 25.4 Å². The predicted molar refractivity (Wildman–Crippen MR) is 70.6 cm³/mol. The van der Waals surface area contributed by atoms with Crippen molar-refractivity contribution in [1.29, 1.82) is 0 Å². The zero-order chi connectivity index (χ0) is 12.8. The Bertz CT molecular complexity index is 892. The molecule has 0 bridgehead atoms. The molecule has 0 fully saturated rings. The summed E-state index contributed by atoms with van der Waals surface area (Å²) in [6.07, 6.45) is 1.71. The highest BCUT2D eigenvalue weighted by atomic mass is 16.3. The fourth-order valence-electron chi connectivity index (χ4n) is 2.21. The number of para-hydroxylation sites is 1. The van der Waals surface area contributed by atoms with E-state index >= 15 is 0 Å². The molecule has 0 spiro atoms. The molecule has 0 unspecified atom stereocenters. The fourth-order valence-corrected chi connectivity index (χ4v) is 2.21. The van der Waals surface area contributed by atoms with Gasteiger partial charge in [-0.25, -0.2) is 0 Å². The summed E-state index contributed by atoms with van der Waals surface area (Å²) in [7, 11) is 0. The molecular weight excluding hydrogens is 242 g/mol. The minimum atomic E-state index is 0.188. The van der Waals surface area contributed by atoms with Crippen LogP contribution in [0.1, 0.15) is 0 Å². The van der Waals surface area contributed by atoms with Gasteiger partial charge in [0, 0.05) is 10.9 Å². The van der Waals surface area contributed by atoms with Crippen LogP contribution in [0.4, 0.5) is 0 Å². The van der Waals surface area contributed by atoms with E-state index in [1.165, 1.54) is 0 Å². The molecule has 0 atom stereocenters. The van der Waals surface area contributed by atoms with Gasteiger partial charge in [0.25, 0.3) is 0 Å². The molecule has 1 aromatic carbocycles. The Kier molecular flexibility index (Phi) is 1.88. The van der Waals surface area contributed by atoms with E-state index in [9.17, 15) is 5.11 Å². The number of nitrogens with one attached hydrogen (secondary N) is 2. The zero-order valence-corrected chi connectivity index (χ0v) is 9.75. The molecule has 0 saturated carbocycles. The van der Waals surface area contributed by atoms with Gasteiger partial charge >= 0.3 is 0 Å². The highest BCUT2D eigenvalue weighted by molar-refractivity contribution is 6.03. The summed E-state index contributed by atoms with van der Waals surface area (Å²) < 4.78 is 0. The van der Waals surface area contributed by atoms with Crippen molar-refractivity contribution in [2.75, 3.05) is 0 Å². The van der Waals surface area contributed by atoms with E-state index in [0.29, 0.717) is 16.9 Å². The van der Waals surface area contributed by atoms with Gasteiger partial charge in [-0.05, 0) is 18.2 Å². The molecule has 3 N–H and O–H groups in total. The zero-order valence-electron chi connectivity index (χ0n) is 9.75. The largest absolute Gasteiger partial charge is 0.507 e. The quantitative estimate of drug-likeness (QED) is 0.483. The standard InChI is InChI=1S/C13H9N5O/c19-11-4-2-1-3-7(11)9-5-8-12-10(6-14-17-12)15-13(8)18-16-9/h1-6,19H,(H,14,17)(H,15,18). The second-order valence-electron chi connectivity index (χ2n) is 4.29. The Hall–Kier alpha value is -2.89. The summed E-state index contributed by atoms with van der Waals surface area (Å²) in [4.78, 5) is 3.12. The van der Waals surface area contributed by atoms with Crippen molar-refractivity contribution in [3.05, 3.63) is 36.5 Å². The Morgan fingerprint density at radius 3 is 2.89 bits per heavy atom. The lowest BCUT2D eigenvalue weighted by Gasteiger charge is -2.02. The van der Waals surface area contributed by atoms with Gasteiger partial charge in [0.15, 0.2) is 5.65 Å². The average molecular weight is 251 g/mol. The Morgan fingerprint density at radius 1 is 1.11 bits per heavy atom. The normalized spacial score (nSPS) is 11.4.